The van der Waals surface area contributed by atoms with E-state index in [2.05, 4.69) is 55.4 Å². The van der Waals surface area contributed by atoms with E-state index in [1.54, 1.807) is 6.07 Å². The number of fused-ring (bicyclic) bond motifs is 2. The summed E-state index contributed by atoms with van der Waals surface area (Å²) in [5.74, 6) is 0.359. The first-order chi connectivity index (χ1) is 10.6. The molecule has 2 aromatic carbocycles. The summed E-state index contributed by atoms with van der Waals surface area (Å²) >= 11 is 0. The van der Waals surface area contributed by atoms with Gasteiger partial charge in [0.1, 0.15) is 5.75 Å². The maximum absolute atomic E-state index is 9.81. The Labute approximate surface area is 132 Å². The lowest BCUT2D eigenvalue weighted by Crippen LogP contribution is -2.12. The van der Waals surface area contributed by atoms with Gasteiger partial charge >= 0.3 is 0 Å². The first-order valence-corrected chi connectivity index (χ1v) is 7.90. The van der Waals surface area contributed by atoms with Crippen molar-refractivity contribution in [2.45, 2.75) is 19.3 Å². The normalized spacial score (nSPS) is 15.5. The Hall–Kier alpha value is -2.06. The van der Waals surface area contributed by atoms with Gasteiger partial charge in [-0.2, -0.15) is 0 Å². The highest BCUT2D eigenvalue weighted by molar-refractivity contribution is 5.84. The first-order valence-electron chi connectivity index (χ1n) is 7.90. The number of phenols is 1. The van der Waals surface area contributed by atoms with Crippen LogP contribution in [0.4, 0.5) is 0 Å². The van der Waals surface area contributed by atoms with E-state index in [0.29, 0.717) is 5.75 Å². The molecule has 3 rings (SSSR count). The van der Waals surface area contributed by atoms with Crippen molar-refractivity contribution in [1.82, 2.24) is 4.90 Å². The fourth-order valence-electron chi connectivity index (χ4n) is 3.15. The van der Waals surface area contributed by atoms with Gasteiger partial charge in [-0.3, -0.25) is 0 Å². The van der Waals surface area contributed by atoms with Crippen LogP contribution in [0, 0.1) is 0 Å². The molecule has 0 aromatic heterocycles. The number of aromatic hydroxyl groups is 1. The van der Waals surface area contributed by atoms with Crippen LogP contribution in [0.5, 0.6) is 5.75 Å². The lowest BCUT2D eigenvalue weighted by molar-refractivity contribution is 0.417. The van der Waals surface area contributed by atoms with Gasteiger partial charge in [0.05, 0.1) is 0 Å². The summed E-state index contributed by atoms with van der Waals surface area (Å²) in [6.45, 7) is 1.04. The quantitative estimate of drug-likeness (QED) is 0.928. The van der Waals surface area contributed by atoms with Crippen molar-refractivity contribution in [2.24, 2.45) is 0 Å². The largest absolute Gasteiger partial charge is 0.508 e. The molecule has 2 nitrogen and oxygen atoms in total. The molecule has 0 unspecified atom stereocenters. The van der Waals surface area contributed by atoms with Crippen molar-refractivity contribution in [3.63, 3.8) is 0 Å². The van der Waals surface area contributed by atoms with E-state index in [4.69, 9.17) is 0 Å². The molecule has 22 heavy (non-hydrogen) atoms. The molecule has 2 heteroatoms. The van der Waals surface area contributed by atoms with E-state index in [1.807, 2.05) is 6.07 Å². The topological polar surface area (TPSA) is 23.5 Å². The van der Waals surface area contributed by atoms with Crippen LogP contribution in [0.15, 0.2) is 48.5 Å². The summed E-state index contributed by atoms with van der Waals surface area (Å²) in [6.07, 6.45) is 5.38. The third kappa shape index (κ3) is 3.07. The van der Waals surface area contributed by atoms with Gasteiger partial charge in [-0.05, 0) is 73.3 Å². The zero-order valence-electron chi connectivity index (χ0n) is 13.3. The summed E-state index contributed by atoms with van der Waals surface area (Å²) < 4.78 is 0. The third-order valence-corrected chi connectivity index (χ3v) is 4.27. The molecule has 1 aliphatic carbocycles. The minimum Gasteiger partial charge on any atom is -0.508 e. The van der Waals surface area contributed by atoms with Gasteiger partial charge < -0.3 is 10.0 Å². The van der Waals surface area contributed by atoms with Crippen molar-refractivity contribution in [2.75, 3.05) is 20.6 Å². The van der Waals surface area contributed by atoms with Gasteiger partial charge in [0.15, 0.2) is 0 Å². The SMILES string of the molecule is CN(C)CC/C=C1\c2ccccc2CCc2cc(O)ccc21. The molecular weight excluding hydrogens is 270 g/mol. The van der Waals surface area contributed by atoms with Crippen molar-refractivity contribution in [1.29, 1.82) is 0 Å². The summed E-state index contributed by atoms with van der Waals surface area (Å²) in [6, 6.07) is 14.5. The van der Waals surface area contributed by atoms with Gasteiger partial charge in [-0.15, -0.1) is 0 Å². The fourth-order valence-corrected chi connectivity index (χ4v) is 3.15. The number of benzene rings is 2. The standard InChI is InChI=1S/C20H23NO/c1-21(2)13-5-8-20-18-7-4-3-6-15(18)9-10-16-14-17(22)11-12-19(16)20/h3-4,6-8,11-12,14,22H,5,9-10,13H2,1-2H3/b20-8+. The van der Waals surface area contributed by atoms with Crippen LogP contribution in [0.2, 0.25) is 0 Å². The van der Waals surface area contributed by atoms with E-state index < -0.39 is 0 Å². The predicted octanol–water partition coefficient (Wildman–Crippen LogP) is 3.87. The average molecular weight is 293 g/mol. The van der Waals surface area contributed by atoms with Crippen LogP contribution in [-0.2, 0) is 12.8 Å². The lowest BCUT2D eigenvalue weighted by atomic mass is 9.93. The highest BCUT2D eigenvalue weighted by Crippen LogP contribution is 2.35. The summed E-state index contributed by atoms with van der Waals surface area (Å²) in [7, 11) is 4.21. The Morgan fingerprint density at radius 1 is 1.00 bits per heavy atom. The second-order valence-corrected chi connectivity index (χ2v) is 6.21. The van der Waals surface area contributed by atoms with E-state index >= 15 is 0 Å². The number of hydrogen-bond donors (Lipinski definition) is 1. The van der Waals surface area contributed by atoms with Crippen LogP contribution < -0.4 is 0 Å². The predicted molar refractivity (Wildman–Crippen MR) is 92.2 cm³/mol. The zero-order chi connectivity index (χ0) is 15.5. The molecule has 0 saturated carbocycles. The molecule has 2 aromatic rings. The van der Waals surface area contributed by atoms with Crippen LogP contribution in [0.25, 0.3) is 5.57 Å². The van der Waals surface area contributed by atoms with E-state index in [-0.39, 0.29) is 0 Å². The van der Waals surface area contributed by atoms with Crippen LogP contribution in [0.3, 0.4) is 0 Å². The first kappa shape index (κ1) is 14.9. The fraction of sp³-hybridized carbons (Fsp3) is 0.300. The van der Waals surface area contributed by atoms with Crippen molar-refractivity contribution >= 4 is 5.57 Å². The molecule has 0 radical (unpaired) electrons. The molecule has 0 amide bonds. The third-order valence-electron chi connectivity index (χ3n) is 4.27. The molecule has 0 atom stereocenters. The lowest BCUT2D eigenvalue weighted by Gasteiger charge is -2.13. The molecule has 0 bridgehead atoms. The molecule has 0 heterocycles. The van der Waals surface area contributed by atoms with Crippen molar-refractivity contribution in [3.8, 4) is 5.75 Å². The molecule has 1 N–H and O–H groups in total. The smallest absolute Gasteiger partial charge is 0.115 e. The van der Waals surface area contributed by atoms with Crippen molar-refractivity contribution in [3.05, 3.63) is 70.8 Å². The number of hydrogen-bond acceptors (Lipinski definition) is 2. The minimum absolute atomic E-state index is 0.359. The van der Waals surface area contributed by atoms with Gasteiger partial charge in [-0.25, -0.2) is 0 Å². The van der Waals surface area contributed by atoms with Gasteiger partial charge in [0.25, 0.3) is 0 Å². The summed E-state index contributed by atoms with van der Waals surface area (Å²) in [5, 5.41) is 9.81. The number of nitrogens with zero attached hydrogens (tertiary/aromatic N) is 1. The number of aryl methyl sites for hydroxylation is 2. The van der Waals surface area contributed by atoms with Crippen LogP contribution >= 0.6 is 0 Å². The zero-order valence-corrected chi connectivity index (χ0v) is 13.3. The van der Waals surface area contributed by atoms with E-state index in [1.165, 1.54) is 27.8 Å². The molecule has 1 aliphatic rings. The Kier molecular flexibility index (Phi) is 4.30. The number of rotatable bonds is 3. The minimum atomic E-state index is 0.359. The second kappa shape index (κ2) is 6.37. The average Bonchev–Trinajstić information content (AvgIpc) is 2.64. The monoisotopic (exact) mass is 293 g/mol. The molecule has 0 saturated heterocycles. The molecule has 114 valence electrons. The maximum Gasteiger partial charge on any atom is 0.115 e. The molecule has 0 aliphatic heterocycles. The Morgan fingerprint density at radius 3 is 2.55 bits per heavy atom. The number of phenolic OH excluding ortho intramolecular Hbond substituents is 1. The van der Waals surface area contributed by atoms with Crippen LogP contribution in [-0.4, -0.2) is 30.6 Å². The Balaban J connectivity index is 2.08. The Morgan fingerprint density at radius 2 is 1.73 bits per heavy atom. The molecule has 0 spiro atoms. The van der Waals surface area contributed by atoms with Crippen molar-refractivity contribution < 1.29 is 5.11 Å². The van der Waals surface area contributed by atoms with Gasteiger partial charge in [0, 0.05) is 6.54 Å². The van der Waals surface area contributed by atoms with Gasteiger partial charge in [0.2, 0.25) is 0 Å². The van der Waals surface area contributed by atoms with E-state index in [9.17, 15) is 5.11 Å². The summed E-state index contributed by atoms with van der Waals surface area (Å²) in [4.78, 5) is 2.21. The molecular formula is C20H23NO. The highest BCUT2D eigenvalue weighted by atomic mass is 16.3. The van der Waals surface area contributed by atoms with Gasteiger partial charge in [-0.1, -0.05) is 36.4 Å². The van der Waals surface area contributed by atoms with E-state index in [0.717, 1.165) is 25.8 Å². The van der Waals surface area contributed by atoms with Crippen LogP contribution in [0.1, 0.15) is 28.7 Å². The maximum atomic E-state index is 9.81. The summed E-state index contributed by atoms with van der Waals surface area (Å²) in [5.41, 5.74) is 6.55. The molecule has 0 fully saturated rings. The Bertz CT molecular complexity index is 701. The second-order valence-electron chi connectivity index (χ2n) is 6.21. The highest BCUT2D eigenvalue weighted by Gasteiger charge is 2.17.